The van der Waals surface area contributed by atoms with Crippen molar-refractivity contribution >= 4 is 17.3 Å². The molecule has 1 atom stereocenters. The first-order valence-electron chi connectivity index (χ1n) is 7.91. The third-order valence-electron chi connectivity index (χ3n) is 4.15. The SMILES string of the molecule is CCC(=O)Nc1ccc(C)c(NCC2CCCN(C)C2)c1. The van der Waals surface area contributed by atoms with Crippen molar-refractivity contribution < 1.29 is 4.79 Å². The molecular weight excluding hydrogens is 262 g/mol. The number of rotatable bonds is 5. The molecule has 0 saturated carbocycles. The highest BCUT2D eigenvalue weighted by Gasteiger charge is 2.17. The number of likely N-dealkylation sites (tertiary alicyclic amines) is 1. The van der Waals surface area contributed by atoms with Gasteiger partial charge in [0.25, 0.3) is 0 Å². The quantitative estimate of drug-likeness (QED) is 0.875. The van der Waals surface area contributed by atoms with Crippen molar-refractivity contribution in [2.24, 2.45) is 5.92 Å². The molecule has 4 heteroatoms. The predicted molar refractivity (Wildman–Crippen MR) is 88.8 cm³/mol. The highest BCUT2D eigenvalue weighted by Crippen LogP contribution is 2.22. The molecule has 0 bridgehead atoms. The van der Waals surface area contributed by atoms with Crippen molar-refractivity contribution in [1.29, 1.82) is 0 Å². The molecule has 116 valence electrons. The van der Waals surface area contributed by atoms with Crippen LogP contribution < -0.4 is 10.6 Å². The average molecular weight is 289 g/mol. The Bertz CT molecular complexity index is 487. The molecule has 1 aromatic carbocycles. The summed E-state index contributed by atoms with van der Waals surface area (Å²) in [5.41, 5.74) is 3.21. The van der Waals surface area contributed by atoms with E-state index >= 15 is 0 Å². The lowest BCUT2D eigenvalue weighted by Crippen LogP contribution is -2.35. The van der Waals surface area contributed by atoms with Crippen LogP contribution in [0.3, 0.4) is 0 Å². The van der Waals surface area contributed by atoms with Crippen LogP contribution in [0.4, 0.5) is 11.4 Å². The first-order chi connectivity index (χ1) is 10.1. The van der Waals surface area contributed by atoms with Gasteiger partial charge in [-0.1, -0.05) is 13.0 Å². The van der Waals surface area contributed by atoms with Crippen molar-refractivity contribution in [2.45, 2.75) is 33.1 Å². The van der Waals surface area contributed by atoms with E-state index in [1.54, 1.807) is 0 Å². The van der Waals surface area contributed by atoms with Gasteiger partial charge in [-0.3, -0.25) is 4.79 Å². The van der Waals surface area contributed by atoms with Gasteiger partial charge in [0.2, 0.25) is 5.91 Å². The third-order valence-corrected chi connectivity index (χ3v) is 4.15. The van der Waals surface area contributed by atoms with Crippen LogP contribution in [-0.2, 0) is 4.79 Å². The molecule has 1 saturated heterocycles. The summed E-state index contributed by atoms with van der Waals surface area (Å²) in [5.74, 6) is 0.760. The Morgan fingerprint density at radius 1 is 1.43 bits per heavy atom. The number of nitrogens with one attached hydrogen (secondary N) is 2. The zero-order chi connectivity index (χ0) is 15.2. The second kappa shape index (κ2) is 7.46. The molecule has 1 unspecified atom stereocenters. The number of carbonyl (C=O) groups excluding carboxylic acids is 1. The molecule has 0 radical (unpaired) electrons. The molecule has 21 heavy (non-hydrogen) atoms. The number of nitrogens with zero attached hydrogens (tertiary/aromatic N) is 1. The fraction of sp³-hybridized carbons (Fsp3) is 0.588. The first-order valence-corrected chi connectivity index (χ1v) is 7.91. The number of piperidine rings is 1. The van der Waals surface area contributed by atoms with E-state index in [2.05, 4.69) is 35.6 Å². The van der Waals surface area contributed by atoms with Crippen molar-refractivity contribution in [3.63, 3.8) is 0 Å². The summed E-state index contributed by atoms with van der Waals surface area (Å²) in [4.78, 5) is 13.9. The molecule has 1 amide bonds. The Morgan fingerprint density at radius 3 is 2.95 bits per heavy atom. The summed E-state index contributed by atoms with van der Waals surface area (Å²) in [5, 5.41) is 6.47. The molecule has 1 fully saturated rings. The third kappa shape index (κ3) is 4.74. The Hall–Kier alpha value is -1.55. The maximum Gasteiger partial charge on any atom is 0.224 e. The van der Waals surface area contributed by atoms with Crippen LogP contribution in [0.15, 0.2) is 18.2 Å². The van der Waals surface area contributed by atoms with Crippen molar-refractivity contribution in [1.82, 2.24) is 4.90 Å². The standard InChI is InChI=1S/C17H27N3O/c1-4-17(21)19-15-8-7-13(2)16(10-15)18-11-14-6-5-9-20(3)12-14/h7-8,10,14,18H,4-6,9,11-12H2,1-3H3,(H,19,21). The Balaban J connectivity index is 1.95. The van der Waals surface area contributed by atoms with E-state index in [4.69, 9.17) is 0 Å². The molecule has 4 nitrogen and oxygen atoms in total. The van der Waals surface area contributed by atoms with Gasteiger partial charge in [-0.05, 0) is 57.0 Å². The lowest BCUT2D eigenvalue weighted by molar-refractivity contribution is -0.115. The predicted octanol–water partition coefficient (Wildman–Crippen LogP) is 3.10. The van der Waals surface area contributed by atoms with Gasteiger partial charge in [0, 0.05) is 30.9 Å². The van der Waals surface area contributed by atoms with Crippen molar-refractivity contribution in [3.8, 4) is 0 Å². The van der Waals surface area contributed by atoms with Crippen LogP contribution in [0.1, 0.15) is 31.7 Å². The highest BCUT2D eigenvalue weighted by molar-refractivity contribution is 5.91. The normalized spacial score (nSPS) is 19.3. The zero-order valence-electron chi connectivity index (χ0n) is 13.4. The summed E-state index contributed by atoms with van der Waals surface area (Å²) >= 11 is 0. The van der Waals surface area contributed by atoms with Crippen molar-refractivity contribution in [2.75, 3.05) is 37.3 Å². The molecule has 0 aliphatic carbocycles. The smallest absolute Gasteiger partial charge is 0.224 e. The summed E-state index contributed by atoms with van der Waals surface area (Å²) in [6.07, 6.45) is 3.09. The summed E-state index contributed by atoms with van der Waals surface area (Å²) in [7, 11) is 2.19. The number of anilines is 2. The van der Waals surface area contributed by atoms with Gasteiger partial charge in [-0.25, -0.2) is 0 Å². The van der Waals surface area contributed by atoms with Gasteiger partial charge < -0.3 is 15.5 Å². The van der Waals surface area contributed by atoms with Gasteiger partial charge >= 0.3 is 0 Å². The largest absolute Gasteiger partial charge is 0.384 e. The van der Waals surface area contributed by atoms with Crippen LogP contribution in [-0.4, -0.2) is 37.5 Å². The number of amides is 1. The lowest BCUT2D eigenvalue weighted by Gasteiger charge is -2.30. The number of benzene rings is 1. The number of hydrogen-bond donors (Lipinski definition) is 2. The minimum absolute atomic E-state index is 0.0544. The maximum absolute atomic E-state index is 11.5. The Kier molecular flexibility index (Phi) is 5.62. The number of carbonyl (C=O) groups is 1. The number of aryl methyl sites for hydroxylation is 1. The molecule has 1 aliphatic heterocycles. The van der Waals surface area contributed by atoms with Crippen LogP contribution in [0.5, 0.6) is 0 Å². The number of hydrogen-bond acceptors (Lipinski definition) is 3. The molecule has 0 spiro atoms. The molecule has 1 aliphatic rings. The van der Waals surface area contributed by atoms with Gasteiger partial charge in [-0.2, -0.15) is 0 Å². The minimum Gasteiger partial charge on any atom is -0.384 e. The molecular formula is C17H27N3O. The fourth-order valence-electron chi connectivity index (χ4n) is 2.83. The second-order valence-electron chi connectivity index (χ2n) is 6.08. The van der Waals surface area contributed by atoms with E-state index in [0.29, 0.717) is 12.3 Å². The van der Waals surface area contributed by atoms with Crippen molar-refractivity contribution in [3.05, 3.63) is 23.8 Å². The van der Waals surface area contributed by atoms with E-state index < -0.39 is 0 Å². The monoisotopic (exact) mass is 289 g/mol. The highest BCUT2D eigenvalue weighted by atomic mass is 16.1. The van der Waals surface area contributed by atoms with E-state index in [1.807, 2.05) is 19.1 Å². The van der Waals surface area contributed by atoms with E-state index in [-0.39, 0.29) is 5.91 Å². The molecule has 2 N–H and O–H groups in total. The topological polar surface area (TPSA) is 44.4 Å². The average Bonchev–Trinajstić information content (AvgIpc) is 2.47. The van der Waals surface area contributed by atoms with E-state index in [1.165, 1.54) is 24.9 Å². The molecule has 0 aromatic heterocycles. The second-order valence-corrected chi connectivity index (χ2v) is 6.08. The Labute approximate surface area is 127 Å². The lowest BCUT2D eigenvalue weighted by atomic mass is 9.98. The van der Waals surface area contributed by atoms with Gasteiger partial charge in [-0.15, -0.1) is 0 Å². The van der Waals surface area contributed by atoms with Crippen LogP contribution in [0.2, 0.25) is 0 Å². The van der Waals surface area contributed by atoms with Crippen LogP contribution in [0.25, 0.3) is 0 Å². The summed E-state index contributed by atoms with van der Waals surface area (Å²) in [6, 6.07) is 6.05. The minimum atomic E-state index is 0.0544. The molecule has 1 heterocycles. The maximum atomic E-state index is 11.5. The van der Waals surface area contributed by atoms with Crippen LogP contribution in [0, 0.1) is 12.8 Å². The zero-order valence-corrected chi connectivity index (χ0v) is 13.4. The first kappa shape index (κ1) is 15.8. The van der Waals surface area contributed by atoms with Crippen LogP contribution >= 0.6 is 0 Å². The molecule has 1 aromatic rings. The molecule has 2 rings (SSSR count). The summed E-state index contributed by atoms with van der Waals surface area (Å²) < 4.78 is 0. The van der Waals surface area contributed by atoms with Gasteiger partial charge in [0.1, 0.15) is 0 Å². The van der Waals surface area contributed by atoms with E-state index in [9.17, 15) is 4.79 Å². The summed E-state index contributed by atoms with van der Waals surface area (Å²) in [6.45, 7) is 7.34. The van der Waals surface area contributed by atoms with E-state index in [0.717, 1.165) is 24.5 Å². The Morgan fingerprint density at radius 2 is 2.24 bits per heavy atom. The fourth-order valence-corrected chi connectivity index (χ4v) is 2.83. The van der Waals surface area contributed by atoms with Gasteiger partial charge in [0.05, 0.1) is 0 Å². The van der Waals surface area contributed by atoms with Gasteiger partial charge in [0.15, 0.2) is 0 Å².